The lowest BCUT2D eigenvalue weighted by Crippen LogP contribution is -2.07. The van der Waals surface area contributed by atoms with Crippen LogP contribution in [0.3, 0.4) is 0 Å². The van der Waals surface area contributed by atoms with Crippen LogP contribution in [-0.4, -0.2) is 6.61 Å². The van der Waals surface area contributed by atoms with Crippen LogP contribution in [-0.2, 0) is 12.8 Å². The van der Waals surface area contributed by atoms with Crippen LogP contribution in [0.15, 0.2) is 57.8 Å². The monoisotopic (exact) mass is 352 g/mol. The predicted octanol–water partition coefficient (Wildman–Crippen LogP) is 5.03. The van der Waals surface area contributed by atoms with Crippen LogP contribution in [0.2, 0.25) is 5.02 Å². The van der Waals surface area contributed by atoms with Crippen molar-refractivity contribution in [3.63, 3.8) is 0 Å². The summed E-state index contributed by atoms with van der Waals surface area (Å²) in [6, 6.07) is 13.6. The fourth-order valence-corrected chi connectivity index (χ4v) is 3.50. The number of hydrogen-bond donors (Lipinski definition) is 0. The van der Waals surface area contributed by atoms with Crippen LogP contribution in [0.1, 0.15) is 23.1 Å². The lowest BCUT2D eigenvalue weighted by atomic mass is 10.1. The molecule has 0 radical (unpaired) electrons. The van der Waals surface area contributed by atoms with Crippen molar-refractivity contribution in [3.05, 3.63) is 80.7 Å². The summed E-state index contributed by atoms with van der Waals surface area (Å²) in [7, 11) is 0. The summed E-state index contributed by atoms with van der Waals surface area (Å²) in [5.74, 6) is 0.521. The maximum atomic E-state index is 12.1. The Labute approximate surface area is 150 Å². The van der Waals surface area contributed by atoms with E-state index >= 15 is 0 Å². The Bertz CT molecular complexity index is 1000. The first-order chi connectivity index (χ1) is 12.2. The van der Waals surface area contributed by atoms with Crippen LogP contribution < -0.4 is 10.4 Å². The molecule has 0 amide bonds. The van der Waals surface area contributed by atoms with Gasteiger partial charge < -0.3 is 9.15 Å². The van der Waals surface area contributed by atoms with Crippen molar-refractivity contribution in [2.75, 3.05) is 6.61 Å². The summed E-state index contributed by atoms with van der Waals surface area (Å²) in [4.78, 5) is 12.1. The number of rotatable bonds is 4. The van der Waals surface area contributed by atoms with Gasteiger partial charge in [-0.05, 0) is 42.5 Å². The van der Waals surface area contributed by atoms with E-state index in [-0.39, 0.29) is 5.63 Å². The van der Waals surface area contributed by atoms with Crippen molar-refractivity contribution >= 4 is 28.6 Å². The molecule has 2 aromatic carbocycles. The maximum Gasteiger partial charge on any atom is 0.339 e. The largest absolute Gasteiger partial charge is 0.488 e. The van der Waals surface area contributed by atoms with Crippen LogP contribution in [0.4, 0.5) is 0 Å². The van der Waals surface area contributed by atoms with E-state index in [9.17, 15) is 4.79 Å². The second kappa shape index (κ2) is 6.77. The van der Waals surface area contributed by atoms with Gasteiger partial charge in [0.1, 0.15) is 17.9 Å². The molecule has 1 aromatic heterocycles. The number of hydrogen-bond acceptors (Lipinski definition) is 3. The summed E-state index contributed by atoms with van der Waals surface area (Å²) >= 11 is 6.37. The van der Waals surface area contributed by atoms with Gasteiger partial charge in [-0.15, -0.1) is 0 Å². The van der Waals surface area contributed by atoms with Crippen LogP contribution in [0.5, 0.6) is 5.75 Å². The van der Waals surface area contributed by atoms with E-state index in [4.69, 9.17) is 20.8 Å². The summed E-state index contributed by atoms with van der Waals surface area (Å²) in [6.45, 7) is 0.384. The molecule has 126 valence electrons. The van der Waals surface area contributed by atoms with Crippen molar-refractivity contribution in [1.82, 2.24) is 0 Å². The minimum absolute atomic E-state index is 0.239. The molecule has 3 aromatic rings. The van der Waals surface area contributed by atoms with Gasteiger partial charge >= 0.3 is 5.63 Å². The van der Waals surface area contributed by atoms with Crippen LogP contribution >= 0.6 is 11.6 Å². The van der Waals surface area contributed by atoms with Gasteiger partial charge in [-0.3, -0.25) is 0 Å². The van der Waals surface area contributed by atoms with Gasteiger partial charge in [0.05, 0.1) is 5.02 Å². The topological polar surface area (TPSA) is 39.4 Å². The molecule has 0 saturated carbocycles. The van der Waals surface area contributed by atoms with Gasteiger partial charge in [-0.25, -0.2) is 4.79 Å². The normalized spacial score (nSPS) is 13.5. The van der Waals surface area contributed by atoms with Crippen molar-refractivity contribution in [1.29, 1.82) is 0 Å². The van der Waals surface area contributed by atoms with E-state index in [1.54, 1.807) is 6.07 Å². The zero-order valence-corrected chi connectivity index (χ0v) is 14.4. The molecule has 0 spiro atoms. The smallest absolute Gasteiger partial charge is 0.339 e. The molecule has 4 rings (SSSR count). The van der Waals surface area contributed by atoms with Crippen molar-refractivity contribution in [2.24, 2.45) is 0 Å². The highest BCUT2D eigenvalue weighted by molar-refractivity contribution is 6.32. The first kappa shape index (κ1) is 16.0. The Balaban J connectivity index is 1.58. The van der Waals surface area contributed by atoms with Gasteiger partial charge in [-0.1, -0.05) is 48.0 Å². The molecule has 3 nitrogen and oxygen atoms in total. The Kier molecular flexibility index (Phi) is 4.33. The van der Waals surface area contributed by atoms with Crippen molar-refractivity contribution in [2.45, 2.75) is 19.3 Å². The second-order valence-corrected chi connectivity index (χ2v) is 6.51. The molecule has 0 N–H and O–H groups in total. The van der Waals surface area contributed by atoms with Gasteiger partial charge in [0.2, 0.25) is 0 Å². The zero-order valence-electron chi connectivity index (χ0n) is 13.6. The molecule has 0 atom stereocenters. The van der Waals surface area contributed by atoms with E-state index in [2.05, 4.69) is 0 Å². The summed E-state index contributed by atoms with van der Waals surface area (Å²) in [6.07, 6.45) is 6.58. The molecule has 0 fully saturated rings. The number of ether oxygens (including phenoxy) is 1. The molecule has 0 unspecified atom stereocenters. The molecule has 0 aliphatic heterocycles. The fourth-order valence-electron chi connectivity index (χ4n) is 3.28. The van der Waals surface area contributed by atoms with E-state index in [0.717, 1.165) is 41.3 Å². The first-order valence-corrected chi connectivity index (χ1v) is 8.72. The summed E-state index contributed by atoms with van der Waals surface area (Å²) in [5, 5.41) is 1.45. The fraction of sp³-hybridized carbons (Fsp3) is 0.190. The van der Waals surface area contributed by atoms with E-state index in [0.29, 0.717) is 23.0 Å². The van der Waals surface area contributed by atoms with Gasteiger partial charge in [0.25, 0.3) is 0 Å². The van der Waals surface area contributed by atoms with Gasteiger partial charge in [-0.2, -0.15) is 0 Å². The third kappa shape index (κ3) is 3.20. The van der Waals surface area contributed by atoms with Crippen molar-refractivity contribution in [3.8, 4) is 5.75 Å². The highest BCUT2D eigenvalue weighted by Crippen LogP contribution is 2.34. The number of aryl methyl sites for hydroxylation is 1. The molecular formula is C21H17ClO3. The van der Waals surface area contributed by atoms with E-state index in [1.807, 2.05) is 48.6 Å². The predicted molar refractivity (Wildman–Crippen MR) is 100 cm³/mol. The van der Waals surface area contributed by atoms with E-state index < -0.39 is 0 Å². The lowest BCUT2D eigenvalue weighted by Gasteiger charge is -2.09. The quantitative estimate of drug-likeness (QED) is 0.618. The summed E-state index contributed by atoms with van der Waals surface area (Å²) < 4.78 is 11.2. The van der Waals surface area contributed by atoms with Crippen molar-refractivity contribution < 1.29 is 9.15 Å². The number of halogens is 1. The standard InChI is InChI=1S/C21H17ClO3/c22-18-12-17-15-9-4-10-16(15)21(23)25-19(17)13-20(18)24-11-5-8-14-6-2-1-3-7-14/h1-3,5-8,12-13H,4,9-11H2. The molecule has 1 aliphatic carbocycles. The van der Waals surface area contributed by atoms with Gasteiger partial charge in [0, 0.05) is 17.0 Å². The highest BCUT2D eigenvalue weighted by Gasteiger charge is 2.20. The Morgan fingerprint density at radius 3 is 2.76 bits per heavy atom. The molecule has 1 heterocycles. The summed E-state index contributed by atoms with van der Waals surface area (Å²) in [5.41, 5.74) is 3.28. The Morgan fingerprint density at radius 2 is 1.92 bits per heavy atom. The molecular weight excluding hydrogens is 336 g/mol. The van der Waals surface area contributed by atoms with Crippen LogP contribution in [0.25, 0.3) is 17.0 Å². The SMILES string of the molecule is O=c1oc2cc(OCC=Cc3ccccc3)c(Cl)cc2c2c1CCC2. The number of fused-ring (bicyclic) bond motifs is 3. The average molecular weight is 353 g/mol. The number of benzene rings is 2. The third-order valence-corrected chi connectivity index (χ3v) is 4.77. The molecule has 0 saturated heterocycles. The maximum absolute atomic E-state index is 12.1. The Hall–Kier alpha value is -2.52. The van der Waals surface area contributed by atoms with E-state index in [1.165, 1.54) is 0 Å². The lowest BCUT2D eigenvalue weighted by molar-refractivity contribution is 0.363. The first-order valence-electron chi connectivity index (χ1n) is 8.35. The minimum atomic E-state index is -0.239. The van der Waals surface area contributed by atoms with Crippen LogP contribution in [0, 0.1) is 0 Å². The second-order valence-electron chi connectivity index (χ2n) is 6.10. The molecule has 0 bridgehead atoms. The molecule has 4 heteroatoms. The average Bonchev–Trinajstić information content (AvgIpc) is 3.11. The minimum Gasteiger partial charge on any atom is -0.488 e. The zero-order chi connectivity index (χ0) is 17.2. The highest BCUT2D eigenvalue weighted by atomic mass is 35.5. The Morgan fingerprint density at radius 1 is 1.12 bits per heavy atom. The molecule has 1 aliphatic rings. The third-order valence-electron chi connectivity index (χ3n) is 4.47. The molecule has 25 heavy (non-hydrogen) atoms. The van der Waals surface area contributed by atoms with Gasteiger partial charge in [0.15, 0.2) is 0 Å².